The summed E-state index contributed by atoms with van der Waals surface area (Å²) in [6.07, 6.45) is 0.890. The molecule has 1 aromatic carbocycles. The predicted molar refractivity (Wildman–Crippen MR) is 80.3 cm³/mol. The zero-order chi connectivity index (χ0) is 14.0. The van der Waals surface area contributed by atoms with E-state index in [-0.39, 0.29) is 6.10 Å². The molecule has 1 heterocycles. The number of rotatable bonds is 3. The van der Waals surface area contributed by atoms with Gasteiger partial charge in [-0.25, -0.2) is 0 Å². The molecule has 1 aromatic rings. The fourth-order valence-electron chi connectivity index (χ4n) is 2.98. The molecule has 1 aliphatic heterocycles. The number of β-amino-alcohol motifs (C(OH)–C–C–N with tert-alkyl or cyclic N) is 1. The van der Waals surface area contributed by atoms with Crippen LogP contribution in [-0.2, 0) is 0 Å². The Kier molecular flexibility index (Phi) is 4.64. The summed E-state index contributed by atoms with van der Waals surface area (Å²) < 4.78 is 0. The highest BCUT2D eigenvalue weighted by molar-refractivity contribution is 5.32. The molecule has 106 valence electrons. The first-order chi connectivity index (χ1) is 8.97. The number of benzene rings is 1. The van der Waals surface area contributed by atoms with Gasteiger partial charge in [-0.2, -0.15) is 0 Å². The summed E-state index contributed by atoms with van der Waals surface area (Å²) >= 11 is 0. The first-order valence-corrected chi connectivity index (χ1v) is 7.45. The van der Waals surface area contributed by atoms with Gasteiger partial charge in [0.25, 0.3) is 0 Å². The number of aryl methyl sites for hydroxylation is 2. The number of piperidine rings is 1. The zero-order valence-electron chi connectivity index (χ0n) is 12.7. The molecular formula is C17H27NO. The van der Waals surface area contributed by atoms with Gasteiger partial charge in [0, 0.05) is 13.1 Å². The molecule has 0 amide bonds. The summed E-state index contributed by atoms with van der Waals surface area (Å²) in [6.45, 7) is 11.8. The van der Waals surface area contributed by atoms with Crippen LogP contribution in [0.25, 0.3) is 0 Å². The van der Waals surface area contributed by atoms with E-state index in [4.69, 9.17) is 0 Å². The van der Waals surface area contributed by atoms with Gasteiger partial charge in [-0.05, 0) is 49.8 Å². The standard InChI is InChI=1S/C17H27NO/c1-12-5-6-14(3)16(9-12)17(19)11-18-8-7-13(2)15(4)10-18/h5-6,9,13,15,17,19H,7-8,10-11H2,1-4H3. The van der Waals surface area contributed by atoms with Crippen molar-refractivity contribution in [2.24, 2.45) is 11.8 Å². The predicted octanol–water partition coefficient (Wildman–Crippen LogP) is 3.31. The summed E-state index contributed by atoms with van der Waals surface area (Å²) in [6, 6.07) is 6.33. The van der Waals surface area contributed by atoms with Crippen LogP contribution < -0.4 is 0 Å². The van der Waals surface area contributed by atoms with Crippen LogP contribution in [0.1, 0.15) is 43.1 Å². The number of likely N-dealkylation sites (tertiary alicyclic amines) is 1. The summed E-state index contributed by atoms with van der Waals surface area (Å²) in [5, 5.41) is 10.5. The maximum Gasteiger partial charge on any atom is 0.0919 e. The Bertz CT molecular complexity index is 429. The second-order valence-electron chi connectivity index (χ2n) is 6.38. The van der Waals surface area contributed by atoms with Crippen LogP contribution in [0.3, 0.4) is 0 Å². The van der Waals surface area contributed by atoms with E-state index in [0.717, 1.165) is 37.0 Å². The lowest BCUT2D eigenvalue weighted by molar-refractivity contribution is 0.0702. The highest BCUT2D eigenvalue weighted by Crippen LogP contribution is 2.25. The summed E-state index contributed by atoms with van der Waals surface area (Å²) in [5.41, 5.74) is 3.50. The Morgan fingerprint density at radius 2 is 2.00 bits per heavy atom. The third-order valence-electron chi connectivity index (χ3n) is 4.64. The van der Waals surface area contributed by atoms with Gasteiger partial charge in [-0.1, -0.05) is 37.6 Å². The number of nitrogens with zero attached hydrogens (tertiary/aromatic N) is 1. The Morgan fingerprint density at radius 1 is 1.26 bits per heavy atom. The van der Waals surface area contributed by atoms with Crippen LogP contribution in [0.2, 0.25) is 0 Å². The number of aliphatic hydroxyl groups is 1. The van der Waals surface area contributed by atoms with E-state index >= 15 is 0 Å². The lowest BCUT2D eigenvalue weighted by Gasteiger charge is -2.36. The van der Waals surface area contributed by atoms with E-state index in [2.05, 4.69) is 50.8 Å². The molecule has 1 fully saturated rings. The van der Waals surface area contributed by atoms with Crippen molar-refractivity contribution in [3.8, 4) is 0 Å². The molecule has 0 aliphatic carbocycles. The van der Waals surface area contributed by atoms with Crippen LogP contribution in [0.5, 0.6) is 0 Å². The Balaban J connectivity index is 2.01. The molecule has 0 saturated carbocycles. The van der Waals surface area contributed by atoms with Gasteiger partial charge in [0.2, 0.25) is 0 Å². The van der Waals surface area contributed by atoms with Crippen molar-refractivity contribution in [1.82, 2.24) is 4.90 Å². The van der Waals surface area contributed by atoms with Gasteiger partial charge >= 0.3 is 0 Å². The molecule has 1 saturated heterocycles. The summed E-state index contributed by atoms with van der Waals surface area (Å²) in [7, 11) is 0. The Morgan fingerprint density at radius 3 is 2.68 bits per heavy atom. The quantitative estimate of drug-likeness (QED) is 0.902. The van der Waals surface area contributed by atoms with Gasteiger partial charge in [-0.3, -0.25) is 0 Å². The first kappa shape index (κ1) is 14.5. The molecule has 2 heteroatoms. The normalized spacial score (nSPS) is 26.4. The minimum atomic E-state index is -0.361. The smallest absolute Gasteiger partial charge is 0.0919 e. The van der Waals surface area contributed by atoms with Crippen molar-refractivity contribution in [2.75, 3.05) is 19.6 Å². The highest BCUT2D eigenvalue weighted by Gasteiger charge is 2.24. The molecule has 1 N–H and O–H groups in total. The molecule has 3 atom stereocenters. The zero-order valence-corrected chi connectivity index (χ0v) is 12.7. The van der Waals surface area contributed by atoms with Gasteiger partial charge in [0.1, 0.15) is 0 Å². The largest absolute Gasteiger partial charge is 0.387 e. The fourth-order valence-corrected chi connectivity index (χ4v) is 2.98. The van der Waals surface area contributed by atoms with Crippen molar-refractivity contribution >= 4 is 0 Å². The molecule has 19 heavy (non-hydrogen) atoms. The van der Waals surface area contributed by atoms with Crippen LogP contribution in [0.4, 0.5) is 0 Å². The monoisotopic (exact) mass is 261 g/mol. The molecule has 0 spiro atoms. The van der Waals surface area contributed by atoms with E-state index in [1.54, 1.807) is 0 Å². The van der Waals surface area contributed by atoms with Crippen molar-refractivity contribution in [3.63, 3.8) is 0 Å². The average molecular weight is 261 g/mol. The SMILES string of the molecule is Cc1ccc(C)c(C(O)CN2CCC(C)C(C)C2)c1. The first-order valence-electron chi connectivity index (χ1n) is 7.45. The van der Waals surface area contributed by atoms with Crippen molar-refractivity contribution in [3.05, 3.63) is 34.9 Å². The molecule has 0 radical (unpaired) electrons. The number of aliphatic hydroxyl groups excluding tert-OH is 1. The van der Waals surface area contributed by atoms with E-state index in [1.807, 2.05) is 0 Å². The number of hydrogen-bond donors (Lipinski definition) is 1. The Labute approximate surface area is 117 Å². The minimum absolute atomic E-state index is 0.361. The molecule has 0 aromatic heterocycles. The topological polar surface area (TPSA) is 23.5 Å². The summed E-state index contributed by atoms with van der Waals surface area (Å²) in [4.78, 5) is 2.41. The van der Waals surface area contributed by atoms with Crippen molar-refractivity contribution in [1.29, 1.82) is 0 Å². The van der Waals surface area contributed by atoms with Gasteiger partial charge in [0.15, 0.2) is 0 Å². The minimum Gasteiger partial charge on any atom is -0.387 e. The van der Waals surface area contributed by atoms with Gasteiger partial charge < -0.3 is 10.0 Å². The fraction of sp³-hybridized carbons (Fsp3) is 0.647. The summed E-state index contributed by atoms with van der Waals surface area (Å²) in [5.74, 6) is 1.55. The second kappa shape index (κ2) is 6.06. The van der Waals surface area contributed by atoms with Crippen LogP contribution in [0.15, 0.2) is 18.2 Å². The van der Waals surface area contributed by atoms with Gasteiger partial charge in [-0.15, -0.1) is 0 Å². The second-order valence-corrected chi connectivity index (χ2v) is 6.38. The number of hydrogen-bond acceptors (Lipinski definition) is 2. The van der Waals surface area contributed by atoms with E-state index < -0.39 is 0 Å². The Hall–Kier alpha value is -0.860. The van der Waals surface area contributed by atoms with Crippen molar-refractivity contribution in [2.45, 2.75) is 40.2 Å². The molecular weight excluding hydrogens is 234 g/mol. The molecule has 0 bridgehead atoms. The molecule has 2 rings (SSSR count). The lowest BCUT2D eigenvalue weighted by Crippen LogP contribution is -2.40. The third-order valence-corrected chi connectivity index (χ3v) is 4.64. The maximum absolute atomic E-state index is 10.5. The van der Waals surface area contributed by atoms with Crippen LogP contribution in [-0.4, -0.2) is 29.6 Å². The third kappa shape index (κ3) is 3.58. The average Bonchev–Trinajstić information content (AvgIpc) is 2.36. The lowest BCUT2D eigenvalue weighted by atomic mass is 9.88. The highest BCUT2D eigenvalue weighted by atomic mass is 16.3. The molecule has 2 nitrogen and oxygen atoms in total. The van der Waals surface area contributed by atoms with Crippen LogP contribution in [0, 0.1) is 25.7 Å². The van der Waals surface area contributed by atoms with Gasteiger partial charge in [0.05, 0.1) is 6.10 Å². The van der Waals surface area contributed by atoms with E-state index in [1.165, 1.54) is 17.5 Å². The van der Waals surface area contributed by atoms with Crippen LogP contribution >= 0.6 is 0 Å². The molecule has 1 aliphatic rings. The van der Waals surface area contributed by atoms with E-state index in [0.29, 0.717) is 0 Å². The molecule has 3 unspecified atom stereocenters. The maximum atomic E-state index is 10.5. The van der Waals surface area contributed by atoms with Crippen molar-refractivity contribution < 1.29 is 5.11 Å². The van der Waals surface area contributed by atoms with E-state index in [9.17, 15) is 5.11 Å².